The summed E-state index contributed by atoms with van der Waals surface area (Å²) in [6.07, 6.45) is 7.18. The molecule has 3 aromatic carbocycles. The maximum Gasteiger partial charge on any atom is 0.127 e. The minimum atomic E-state index is -0.0517. The second-order valence-corrected chi connectivity index (χ2v) is 9.56. The average molecular weight is 401 g/mol. The van der Waals surface area contributed by atoms with Gasteiger partial charge in [-0.1, -0.05) is 93.8 Å². The lowest BCUT2D eigenvalue weighted by molar-refractivity contribution is 0.212. The molecule has 1 heteroatoms. The summed E-state index contributed by atoms with van der Waals surface area (Å²) in [6.45, 7) is 6.68. The van der Waals surface area contributed by atoms with Gasteiger partial charge in [0.05, 0.1) is 0 Å². The molecule has 0 aliphatic heterocycles. The van der Waals surface area contributed by atoms with Crippen molar-refractivity contribution in [2.24, 2.45) is 5.41 Å². The summed E-state index contributed by atoms with van der Waals surface area (Å²) in [5.41, 5.74) is 6.99. The quantitative estimate of drug-likeness (QED) is 0.403. The van der Waals surface area contributed by atoms with Gasteiger partial charge in [-0.05, 0) is 71.0 Å². The van der Waals surface area contributed by atoms with Crippen molar-refractivity contribution in [3.63, 3.8) is 0 Å². The number of halogens is 1. The fourth-order valence-electron chi connectivity index (χ4n) is 5.12. The molecule has 0 heterocycles. The summed E-state index contributed by atoms with van der Waals surface area (Å²) >= 11 is 0. The third kappa shape index (κ3) is 4.51. The van der Waals surface area contributed by atoms with E-state index in [4.69, 9.17) is 0 Å². The van der Waals surface area contributed by atoms with E-state index in [1.165, 1.54) is 43.2 Å². The third-order valence-electron chi connectivity index (χ3n) is 7.09. The molecule has 0 radical (unpaired) electrons. The molecule has 1 aliphatic rings. The first-order valence-electron chi connectivity index (χ1n) is 11.4. The van der Waals surface area contributed by atoms with Gasteiger partial charge >= 0.3 is 0 Å². The van der Waals surface area contributed by atoms with Gasteiger partial charge in [0, 0.05) is 5.92 Å². The van der Waals surface area contributed by atoms with E-state index in [1.807, 2.05) is 0 Å². The van der Waals surface area contributed by atoms with Crippen LogP contribution >= 0.6 is 0 Å². The predicted molar refractivity (Wildman–Crippen MR) is 125 cm³/mol. The zero-order valence-electron chi connectivity index (χ0n) is 18.5. The van der Waals surface area contributed by atoms with E-state index < -0.39 is 0 Å². The van der Waals surface area contributed by atoms with Crippen LogP contribution in [0.15, 0.2) is 66.7 Å². The lowest BCUT2D eigenvalue weighted by atomic mass is 9.71. The Labute approximate surface area is 181 Å². The van der Waals surface area contributed by atoms with E-state index in [9.17, 15) is 0 Å². The summed E-state index contributed by atoms with van der Waals surface area (Å²) in [5.74, 6) is 0.292. The SMILES string of the molecule is Cc1cc(CC2(C)CCCCC2)c(F)cc1-c1ccc(C(C)c2ccccc2)cc1. The molecule has 4 rings (SSSR count). The van der Waals surface area contributed by atoms with E-state index in [0.29, 0.717) is 5.92 Å². The Balaban J connectivity index is 1.56. The van der Waals surface area contributed by atoms with Crippen molar-refractivity contribution in [1.82, 2.24) is 0 Å². The molecule has 1 atom stereocenters. The fourth-order valence-corrected chi connectivity index (χ4v) is 5.12. The second kappa shape index (κ2) is 8.76. The van der Waals surface area contributed by atoms with Crippen molar-refractivity contribution < 1.29 is 4.39 Å². The largest absolute Gasteiger partial charge is 0.207 e. The monoisotopic (exact) mass is 400 g/mol. The summed E-state index contributed by atoms with van der Waals surface area (Å²) < 4.78 is 15.1. The molecule has 0 nitrogen and oxygen atoms in total. The van der Waals surface area contributed by atoms with Gasteiger partial charge in [-0.25, -0.2) is 4.39 Å². The summed E-state index contributed by atoms with van der Waals surface area (Å²) in [5, 5.41) is 0. The molecule has 156 valence electrons. The first-order chi connectivity index (χ1) is 14.5. The molecular formula is C29H33F. The Kier molecular flexibility index (Phi) is 6.09. The van der Waals surface area contributed by atoms with Crippen LogP contribution in [0.3, 0.4) is 0 Å². The van der Waals surface area contributed by atoms with Crippen molar-refractivity contribution >= 4 is 0 Å². The van der Waals surface area contributed by atoms with Crippen LogP contribution in [0.2, 0.25) is 0 Å². The molecular weight excluding hydrogens is 367 g/mol. The summed E-state index contributed by atoms with van der Waals surface area (Å²) in [7, 11) is 0. The summed E-state index contributed by atoms with van der Waals surface area (Å²) in [6, 6.07) is 23.0. The van der Waals surface area contributed by atoms with Crippen LogP contribution < -0.4 is 0 Å². The Morgan fingerprint density at radius 2 is 1.50 bits per heavy atom. The highest BCUT2D eigenvalue weighted by molar-refractivity contribution is 5.68. The van der Waals surface area contributed by atoms with Crippen LogP contribution in [0.5, 0.6) is 0 Å². The predicted octanol–water partition coefficient (Wildman–Crippen LogP) is 8.47. The standard InChI is InChI=1S/C29H33F/c1-21-18-26(20-29(3)16-8-5-9-17-29)28(30)19-27(21)25-14-12-24(13-15-25)22(2)23-10-6-4-7-11-23/h4,6-7,10-15,18-19,22H,5,8-9,16-17,20H2,1-3H3. The minimum Gasteiger partial charge on any atom is -0.207 e. The van der Waals surface area contributed by atoms with Crippen molar-refractivity contribution in [1.29, 1.82) is 0 Å². The zero-order valence-corrected chi connectivity index (χ0v) is 18.5. The highest BCUT2D eigenvalue weighted by Crippen LogP contribution is 2.40. The first-order valence-corrected chi connectivity index (χ1v) is 11.4. The first kappa shape index (κ1) is 20.8. The highest BCUT2D eigenvalue weighted by atomic mass is 19.1. The van der Waals surface area contributed by atoms with Gasteiger partial charge in [0.2, 0.25) is 0 Å². The van der Waals surface area contributed by atoms with Gasteiger partial charge in [0.1, 0.15) is 5.82 Å². The van der Waals surface area contributed by atoms with E-state index in [2.05, 4.69) is 81.4 Å². The summed E-state index contributed by atoms with van der Waals surface area (Å²) in [4.78, 5) is 0. The molecule has 0 aromatic heterocycles. The smallest absolute Gasteiger partial charge is 0.127 e. The molecule has 30 heavy (non-hydrogen) atoms. The molecule has 1 fully saturated rings. The van der Waals surface area contributed by atoms with Crippen molar-refractivity contribution in [2.75, 3.05) is 0 Å². The number of benzene rings is 3. The van der Waals surface area contributed by atoms with Crippen LogP contribution in [-0.4, -0.2) is 0 Å². The number of hydrogen-bond acceptors (Lipinski definition) is 0. The van der Waals surface area contributed by atoms with Gasteiger partial charge in [-0.15, -0.1) is 0 Å². The maximum absolute atomic E-state index is 15.1. The van der Waals surface area contributed by atoms with Gasteiger partial charge in [-0.2, -0.15) is 0 Å². The molecule has 0 bridgehead atoms. The molecule has 1 saturated carbocycles. The lowest BCUT2D eigenvalue weighted by Gasteiger charge is -2.34. The van der Waals surface area contributed by atoms with Crippen molar-refractivity contribution in [3.8, 4) is 11.1 Å². The number of rotatable bonds is 5. The normalized spacial score (nSPS) is 16.9. The average Bonchev–Trinajstić information content (AvgIpc) is 2.76. The number of aryl methyl sites for hydroxylation is 1. The lowest BCUT2D eigenvalue weighted by Crippen LogP contribution is -2.23. The van der Waals surface area contributed by atoms with Crippen LogP contribution in [-0.2, 0) is 6.42 Å². The van der Waals surface area contributed by atoms with E-state index in [0.717, 1.165) is 28.7 Å². The zero-order chi connectivity index (χ0) is 21.1. The van der Waals surface area contributed by atoms with E-state index >= 15 is 4.39 Å². The molecule has 1 unspecified atom stereocenters. The molecule has 0 N–H and O–H groups in total. The molecule has 1 aliphatic carbocycles. The minimum absolute atomic E-state index is 0.0517. The molecule has 0 saturated heterocycles. The topological polar surface area (TPSA) is 0 Å². The number of hydrogen-bond donors (Lipinski definition) is 0. The van der Waals surface area contributed by atoms with Gasteiger partial charge < -0.3 is 0 Å². The van der Waals surface area contributed by atoms with Crippen LogP contribution in [0.4, 0.5) is 4.39 Å². The third-order valence-corrected chi connectivity index (χ3v) is 7.09. The van der Waals surface area contributed by atoms with Gasteiger partial charge in [0.25, 0.3) is 0 Å². The second-order valence-electron chi connectivity index (χ2n) is 9.56. The van der Waals surface area contributed by atoms with E-state index in [1.54, 1.807) is 6.07 Å². The Hall–Kier alpha value is -2.41. The van der Waals surface area contributed by atoms with Crippen LogP contribution in [0.1, 0.15) is 74.1 Å². The fraction of sp³-hybridized carbons (Fsp3) is 0.379. The van der Waals surface area contributed by atoms with Crippen molar-refractivity contribution in [2.45, 2.75) is 65.2 Å². The molecule has 3 aromatic rings. The van der Waals surface area contributed by atoms with Gasteiger partial charge in [-0.3, -0.25) is 0 Å². The maximum atomic E-state index is 15.1. The molecule has 0 amide bonds. The van der Waals surface area contributed by atoms with Crippen LogP contribution in [0.25, 0.3) is 11.1 Å². The van der Waals surface area contributed by atoms with Crippen LogP contribution in [0, 0.1) is 18.2 Å². The Morgan fingerprint density at radius 3 is 2.17 bits per heavy atom. The Bertz CT molecular complexity index is 979. The Morgan fingerprint density at radius 1 is 0.867 bits per heavy atom. The highest BCUT2D eigenvalue weighted by Gasteiger charge is 2.28. The van der Waals surface area contributed by atoms with Gasteiger partial charge in [0.15, 0.2) is 0 Å². The van der Waals surface area contributed by atoms with Crippen molar-refractivity contribution in [3.05, 3.63) is 94.8 Å². The van der Waals surface area contributed by atoms with E-state index in [-0.39, 0.29) is 11.2 Å². The molecule has 0 spiro atoms.